The molecule has 6 aliphatic rings. The van der Waals surface area contributed by atoms with Gasteiger partial charge in [0.25, 0.3) is 17.7 Å². The number of alkyl halides is 12. The number of ether oxygens (including phenoxy) is 3. The molecule has 51 heteroatoms. The number of aryl methyl sites for hydroxylation is 3. The van der Waals surface area contributed by atoms with Crippen LogP contribution in [-0.2, 0) is 32.9 Å². The molecule has 6 N–H and O–H groups in total. The Bertz CT molecular complexity index is 5960. The van der Waals surface area contributed by atoms with Gasteiger partial charge < -0.3 is 75.3 Å². The van der Waals surface area contributed by atoms with Crippen LogP contribution in [0.3, 0.4) is 0 Å². The molecule has 0 saturated carbocycles. The predicted molar refractivity (Wildman–Crippen MR) is 488 cm³/mol. The van der Waals surface area contributed by atoms with Crippen LogP contribution in [0.25, 0.3) is 81.0 Å². The molecule has 9 atom stereocenters. The van der Waals surface area contributed by atoms with Crippen LogP contribution in [0.4, 0.5) is 114 Å². The normalized spacial score (nSPS) is 20.5. The van der Waals surface area contributed by atoms with Crippen LogP contribution in [0.1, 0.15) is 52.6 Å². The summed E-state index contributed by atoms with van der Waals surface area (Å²) in [6.07, 6.45) is -17.6. The predicted octanol–water partition coefficient (Wildman–Crippen LogP) is 15.7. The summed E-state index contributed by atoms with van der Waals surface area (Å²) < 4.78 is 278. The van der Waals surface area contributed by atoms with E-state index in [-0.39, 0.29) is 241 Å². The van der Waals surface area contributed by atoms with Crippen LogP contribution in [0.15, 0.2) is 73.6 Å². The number of carbonyl (C=O) groups excluding carboxylic acids is 3. The lowest BCUT2D eigenvalue weighted by Crippen LogP contribution is -2.56. The highest BCUT2D eigenvalue weighted by molar-refractivity contribution is 6.35. The Morgan fingerprint density at radius 1 is 0.404 bits per heavy atom. The van der Waals surface area contributed by atoms with E-state index >= 15 is 13.2 Å². The van der Waals surface area contributed by atoms with Gasteiger partial charge in [-0.05, 0) is 114 Å². The van der Waals surface area contributed by atoms with Gasteiger partial charge in [0, 0.05) is 113 Å². The molecule has 0 aliphatic carbocycles. The number of piperazine rings is 3. The van der Waals surface area contributed by atoms with E-state index in [0.29, 0.717) is 0 Å². The first-order chi connectivity index (χ1) is 66.3. The zero-order valence-electron chi connectivity index (χ0n) is 75.6. The monoisotopic (exact) mass is 2050 g/mol. The van der Waals surface area contributed by atoms with Crippen molar-refractivity contribution in [3.8, 4) is 51.8 Å². The summed E-state index contributed by atoms with van der Waals surface area (Å²) in [5.41, 5.74) is 6.73. The number of nitrogens with zero attached hydrogens (tertiary/aromatic N) is 21. The van der Waals surface area contributed by atoms with Gasteiger partial charge in [0.1, 0.15) is 108 Å². The van der Waals surface area contributed by atoms with Crippen molar-refractivity contribution >= 4 is 120 Å². The number of pyridine rings is 3. The van der Waals surface area contributed by atoms with Gasteiger partial charge in [-0.3, -0.25) is 29.1 Å². The molecule has 15 rings (SSSR count). The van der Waals surface area contributed by atoms with Crippen LogP contribution in [-0.4, -0.2) is 286 Å². The molecule has 6 aromatic heterocycles. The molecule has 0 spiro atoms. The van der Waals surface area contributed by atoms with Gasteiger partial charge in [-0.1, -0.05) is 54.5 Å². The summed E-state index contributed by atoms with van der Waals surface area (Å²) >= 11 is 19.5. The fraction of sp³-hybridized carbons (Fsp3) is 0.433. The van der Waals surface area contributed by atoms with E-state index in [0.717, 1.165) is 39.0 Å². The largest absolute Gasteiger partial charge is 0.462 e. The number of amides is 3. The zero-order chi connectivity index (χ0) is 103. The van der Waals surface area contributed by atoms with Gasteiger partial charge >= 0.3 is 36.6 Å². The average molecular weight is 2050 g/mol. The van der Waals surface area contributed by atoms with Crippen molar-refractivity contribution in [1.29, 1.82) is 0 Å². The van der Waals surface area contributed by atoms with E-state index < -0.39 is 190 Å². The molecule has 0 bridgehead atoms. The minimum atomic E-state index is -4.95. The molecule has 3 aromatic carbocycles. The Morgan fingerprint density at radius 3 is 0.851 bits per heavy atom. The van der Waals surface area contributed by atoms with E-state index in [9.17, 15) is 80.2 Å². The third kappa shape index (κ3) is 22.6. The van der Waals surface area contributed by atoms with Crippen LogP contribution in [0.2, 0.25) is 15.1 Å². The Balaban J connectivity index is 0.000000178. The summed E-state index contributed by atoms with van der Waals surface area (Å²) in [6.45, 7) is 34.1. The standard InChI is InChI=1S/3C30H29ClF6N8O2/c3*1-14-7-21(38)40-26(23(14)30(35,36)37)22-20(31)9-19-25(24(22)34)41-29(47-13-17-8-16(33)11-43(17)4)42-27(19)44-5-6-45(28(46)15(2)32)18(12-44)10-39-3/h3*7,9,16-18H,2,5-6,8,10-13H2,1,4H3,(H2,38,40)/t16-,17+,18+;2*16-,17+,18-/m111/s1. The molecule has 12 heterocycles. The van der Waals surface area contributed by atoms with Gasteiger partial charge in [-0.25, -0.2) is 74.2 Å². The summed E-state index contributed by atoms with van der Waals surface area (Å²) in [7, 11) is 5.12. The number of hydrogen-bond donors (Lipinski definition) is 3. The van der Waals surface area contributed by atoms with Gasteiger partial charge in [0.15, 0.2) is 34.9 Å². The minimum absolute atomic E-state index is 0.0177. The van der Waals surface area contributed by atoms with Crippen LogP contribution in [0, 0.1) is 57.9 Å². The highest BCUT2D eigenvalue weighted by Gasteiger charge is 2.46. The third-order valence-electron chi connectivity index (χ3n) is 24.7. The second kappa shape index (κ2) is 42.4. The number of carbonyl (C=O) groups is 3. The summed E-state index contributed by atoms with van der Waals surface area (Å²) in [6, 6.07) is 1.97. The Morgan fingerprint density at radius 2 is 0.645 bits per heavy atom. The lowest BCUT2D eigenvalue weighted by molar-refractivity contribution is -0.138. The number of likely N-dealkylation sites (N-methyl/N-ethyl adjacent to an activating group) is 3. The Labute approximate surface area is 808 Å². The van der Waals surface area contributed by atoms with E-state index in [4.69, 9.17) is 85.9 Å². The average Bonchev–Trinajstić information content (AvgIpc) is 1.24. The number of likely N-dealkylation sites (tertiary alicyclic amines) is 3. The zero-order valence-corrected chi connectivity index (χ0v) is 77.9. The summed E-state index contributed by atoms with van der Waals surface area (Å²) in [5.74, 6) is -11.1. The third-order valence-corrected chi connectivity index (χ3v) is 25.5. The Hall–Kier alpha value is -13.1. The number of nitrogens with two attached hydrogens (primary N) is 3. The van der Waals surface area contributed by atoms with Crippen LogP contribution in [0.5, 0.6) is 18.0 Å². The summed E-state index contributed by atoms with van der Waals surface area (Å²) in [5, 5.41) is -1.39. The smallest absolute Gasteiger partial charge is 0.418 e. The second-order valence-electron chi connectivity index (χ2n) is 34.3. The quantitative estimate of drug-likeness (QED) is 0.0342. The van der Waals surface area contributed by atoms with E-state index in [1.54, 1.807) is 50.5 Å². The highest BCUT2D eigenvalue weighted by atomic mass is 35.5. The molecule has 30 nitrogen and oxygen atoms in total. The number of nitrogen functional groups attached to an aromatic ring is 3. The first kappa shape index (κ1) is 105. The molecule has 6 aliphatic heterocycles. The number of benzene rings is 3. The summed E-state index contributed by atoms with van der Waals surface area (Å²) in [4.78, 5) is 98.3. The molecule has 0 unspecified atom stereocenters. The molecule has 750 valence electrons. The molecule has 6 saturated heterocycles. The van der Waals surface area contributed by atoms with E-state index in [1.807, 2.05) is 0 Å². The fourth-order valence-corrected chi connectivity index (χ4v) is 18.9. The number of aromatic nitrogens is 9. The Kier molecular flexibility index (Phi) is 31.6. The molecular formula is C90H87Cl3F18N24O6. The first-order valence-corrected chi connectivity index (χ1v) is 44.2. The van der Waals surface area contributed by atoms with Crippen molar-refractivity contribution in [3.63, 3.8) is 0 Å². The van der Waals surface area contributed by atoms with Crippen molar-refractivity contribution in [2.24, 2.45) is 0 Å². The lowest BCUT2D eigenvalue weighted by atomic mass is 9.99. The van der Waals surface area contributed by atoms with Crippen molar-refractivity contribution in [2.45, 2.75) is 113 Å². The minimum Gasteiger partial charge on any atom is -0.462 e. The van der Waals surface area contributed by atoms with Crippen molar-refractivity contribution in [2.75, 3.05) is 171 Å². The van der Waals surface area contributed by atoms with E-state index in [2.05, 4.69) is 79.1 Å². The van der Waals surface area contributed by atoms with Gasteiger partial charge in [0.05, 0.1) is 65.5 Å². The number of anilines is 6. The molecular weight excluding hydrogens is 1960 g/mol. The number of fused-ring (bicyclic) bond motifs is 3. The maximum absolute atomic E-state index is 16.6. The molecule has 9 aromatic rings. The van der Waals surface area contributed by atoms with Crippen molar-refractivity contribution < 1.29 is 108 Å². The molecule has 141 heavy (non-hydrogen) atoms. The molecule has 3 amide bonds. The number of hydrogen-bond acceptors (Lipinski definition) is 24. The SMILES string of the molecule is [C-]#[N+]C[C@@H]1CN(c2nc(OC[C@@H]3C[C@@H](F)CN3C)nc3c(F)c(-c4nc(N)cc(C)c4C(F)(F)F)c(Cl)cc23)CCN1C(=O)C(=C)F.[C-]#[N+]C[C@@H]1CN(c2nc(OC[C@@H]3C[C@@H](F)CN3C)nc3c(F)c(-c4nc(N)cc(C)c4C(F)(F)F)c(Cl)cc23)CCN1C(=O)C(=C)F.[C-]#[N+]C[C@H]1CN(c2nc(OC[C@@H]3C[C@@H](F)CN3C)nc3c(F)c(-c4nc(N)cc(C)c4C(F)(F)F)c(Cl)cc23)CCN1C(=O)C(=C)F. The first-order valence-electron chi connectivity index (χ1n) is 43.1. The molecule has 6 fully saturated rings. The van der Waals surface area contributed by atoms with Gasteiger partial charge in [0.2, 0.25) is 19.6 Å². The van der Waals surface area contributed by atoms with Gasteiger partial charge in [-0.15, -0.1) is 0 Å². The second-order valence-corrected chi connectivity index (χ2v) is 35.5. The fourth-order valence-electron chi connectivity index (χ4n) is 18.1. The number of halogens is 21. The maximum atomic E-state index is 16.6. The van der Waals surface area contributed by atoms with Crippen molar-refractivity contribution in [1.82, 2.24) is 74.3 Å². The van der Waals surface area contributed by atoms with Crippen molar-refractivity contribution in [3.05, 3.63) is 174 Å². The lowest BCUT2D eigenvalue weighted by Gasteiger charge is -2.39. The number of rotatable bonds is 21. The highest BCUT2D eigenvalue weighted by Crippen LogP contribution is 2.50. The maximum Gasteiger partial charge on any atom is 0.418 e. The van der Waals surface area contributed by atoms with Gasteiger partial charge in [-0.2, -0.15) is 69.4 Å². The molecule has 0 radical (unpaired) electrons. The van der Waals surface area contributed by atoms with E-state index in [1.165, 1.54) is 32.9 Å². The van der Waals surface area contributed by atoms with Crippen LogP contribution < -0.4 is 46.1 Å². The van der Waals surface area contributed by atoms with Crippen LogP contribution >= 0.6 is 34.8 Å². The topological polar surface area (TPSA) is 315 Å².